The van der Waals surface area contributed by atoms with E-state index < -0.39 is 84.6 Å². The maximum atomic E-state index is 12.8. The minimum absolute atomic E-state index is 0.0329. The highest BCUT2D eigenvalue weighted by Crippen LogP contribution is 2.61. The smallest absolute Gasteiger partial charge is 0.386 e. The van der Waals surface area contributed by atoms with Gasteiger partial charge in [0.15, 0.2) is 17.7 Å². The summed E-state index contributed by atoms with van der Waals surface area (Å²) in [5.41, 5.74) is 4.29. The molecule has 406 valence electrons. The van der Waals surface area contributed by atoms with Crippen molar-refractivity contribution in [2.75, 3.05) is 37.8 Å². The van der Waals surface area contributed by atoms with E-state index in [0.717, 1.165) is 48.2 Å². The predicted octanol–water partition coefficient (Wildman–Crippen LogP) is 6.26. The van der Waals surface area contributed by atoms with Gasteiger partial charge in [-0.05, 0) is 18.9 Å². The van der Waals surface area contributed by atoms with Crippen molar-refractivity contribution in [2.45, 2.75) is 173 Å². The number of nitrogens with zero attached hydrogens (tertiary/aromatic N) is 4. The molecule has 0 aliphatic carbocycles. The molecule has 7 atom stereocenters. The summed E-state index contributed by atoms with van der Waals surface area (Å²) in [5.74, 6) is -1.09. The first-order chi connectivity index (χ1) is 33.6. The molecule has 1 fully saturated rings. The summed E-state index contributed by atoms with van der Waals surface area (Å²) in [4.78, 5) is 88.4. The molecule has 1 saturated heterocycles. The number of hydrogen-bond donors (Lipinski definition) is 9. The van der Waals surface area contributed by atoms with Gasteiger partial charge in [0.25, 0.3) is 0 Å². The maximum absolute atomic E-state index is 12.8. The Morgan fingerprint density at radius 1 is 0.859 bits per heavy atom. The molecule has 2 aromatic heterocycles. The number of nitrogens with two attached hydrogens (primary N) is 1. The highest BCUT2D eigenvalue weighted by atomic mass is 32.2. The van der Waals surface area contributed by atoms with Crippen molar-refractivity contribution in [1.82, 2.24) is 30.2 Å². The first kappa shape index (κ1) is 62.6. The van der Waals surface area contributed by atoms with Gasteiger partial charge < -0.3 is 50.9 Å². The van der Waals surface area contributed by atoms with Crippen LogP contribution in [0.1, 0.15) is 149 Å². The van der Waals surface area contributed by atoms with Crippen molar-refractivity contribution in [3.05, 3.63) is 24.8 Å². The third-order valence-electron chi connectivity index (χ3n) is 11.5. The number of carbonyl (C=O) groups excluding carboxylic acids is 3. The Bertz CT molecular complexity index is 2120. The highest BCUT2D eigenvalue weighted by molar-refractivity contribution is 8.14. The van der Waals surface area contributed by atoms with E-state index in [0.29, 0.717) is 5.75 Å². The van der Waals surface area contributed by atoms with Crippen molar-refractivity contribution in [3.63, 3.8) is 0 Å². The standard InChI is InChI=1S/C43H76N7O17P3S/c1-4-5-6-7-8-9-10-11-12-13-14-15-16-17-18-19-20-21-22-23-34(52)71-27-26-45-33(51)24-25-46-41(55)38(54)43(2,3)29-64-70(61,62)67-69(59,60)63-28-32-37(66-68(56,57)58)36(53)42(65-32)50-31-49-35-39(44)47-30-48-40(35)50/h22-23,30-32,36-38,42,53-54H,4-21,24-29H2,1-3H3,(H,45,51)(H,46,55)(H,59,60)(H,61,62)(H2,44,47,48)(H2,56,57,58)/b23-22+/t32-,36-,37-,38+,42-/m1/s1. The summed E-state index contributed by atoms with van der Waals surface area (Å²) in [6.45, 7) is 2.78. The normalized spacial score (nSPS) is 19.7. The van der Waals surface area contributed by atoms with E-state index >= 15 is 0 Å². The first-order valence-corrected chi connectivity index (χ1v) is 29.8. The molecule has 3 rings (SSSR count). The van der Waals surface area contributed by atoms with Crippen LogP contribution in [0.25, 0.3) is 11.2 Å². The Balaban J connectivity index is 1.26. The number of aliphatic hydroxyl groups excluding tert-OH is 2. The number of fused-ring (bicyclic) bond motifs is 1. The average molecular weight is 1090 g/mol. The molecule has 10 N–H and O–H groups in total. The molecule has 24 nitrogen and oxygen atoms in total. The van der Waals surface area contributed by atoms with Crippen molar-refractivity contribution in [1.29, 1.82) is 0 Å². The number of unbranched alkanes of at least 4 members (excludes halogenated alkanes) is 17. The number of ether oxygens (including phenoxy) is 1. The largest absolute Gasteiger partial charge is 0.481 e. The Kier molecular flexibility index (Phi) is 28.1. The van der Waals surface area contributed by atoms with Gasteiger partial charge in [-0.3, -0.25) is 32.5 Å². The van der Waals surface area contributed by atoms with Crippen molar-refractivity contribution >= 4 is 69.1 Å². The monoisotopic (exact) mass is 1090 g/mol. The average Bonchev–Trinajstić information content (AvgIpc) is 3.86. The van der Waals surface area contributed by atoms with Gasteiger partial charge >= 0.3 is 23.5 Å². The van der Waals surface area contributed by atoms with Gasteiger partial charge in [0.1, 0.15) is 36.3 Å². The molecule has 3 heterocycles. The first-order valence-electron chi connectivity index (χ1n) is 24.3. The Hall–Kier alpha value is -2.70. The molecule has 0 aromatic carbocycles. The second-order valence-corrected chi connectivity index (χ2v) is 23.4. The lowest BCUT2D eigenvalue weighted by Crippen LogP contribution is -2.46. The fraction of sp³-hybridized carbons (Fsp3) is 0.767. The number of amides is 2. The number of rotatable bonds is 38. The molecule has 28 heteroatoms. The van der Waals surface area contributed by atoms with Crippen LogP contribution in [0.5, 0.6) is 0 Å². The zero-order valence-electron chi connectivity index (χ0n) is 41.0. The SMILES string of the molecule is CCCCCCCCCCCCCCCCCCC/C=C/C(=O)SCCNC(=O)CCNC(=O)[C@H](O)C(C)(C)COP(=O)(O)OP(=O)(O)OC[C@H]1O[C@@H](n2cnc3c(N)ncnc32)[C@H](O)[C@@H]1OP(=O)(O)O. The molecule has 2 aromatic rings. The van der Waals surface area contributed by atoms with Crippen molar-refractivity contribution < 1.29 is 80.5 Å². The number of thioether (sulfide) groups is 1. The fourth-order valence-electron chi connectivity index (χ4n) is 7.50. The number of phosphoric acid groups is 3. The lowest BCUT2D eigenvalue weighted by molar-refractivity contribution is -0.137. The lowest BCUT2D eigenvalue weighted by atomic mass is 9.87. The number of nitrogens with one attached hydrogen (secondary N) is 2. The number of aromatic nitrogens is 4. The number of anilines is 1. The Labute approximate surface area is 419 Å². The van der Waals surface area contributed by atoms with Crippen LogP contribution in [-0.2, 0) is 50.7 Å². The van der Waals surface area contributed by atoms with Gasteiger partial charge in [0.2, 0.25) is 16.9 Å². The number of aliphatic hydroxyl groups is 2. The van der Waals surface area contributed by atoms with Crippen LogP contribution in [0, 0.1) is 5.41 Å². The van der Waals surface area contributed by atoms with Crippen LogP contribution >= 0.6 is 35.2 Å². The summed E-state index contributed by atoms with van der Waals surface area (Å²) in [5, 5.41) is 26.5. The van der Waals surface area contributed by atoms with E-state index in [1.54, 1.807) is 6.08 Å². The zero-order valence-corrected chi connectivity index (χ0v) is 44.5. The fourth-order valence-corrected chi connectivity index (χ4v) is 10.9. The third-order valence-corrected chi connectivity index (χ3v) is 15.4. The Morgan fingerprint density at radius 3 is 2.03 bits per heavy atom. The van der Waals surface area contributed by atoms with Crippen LogP contribution in [-0.4, -0.2) is 123 Å². The zero-order chi connectivity index (χ0) is 52.5. The van der Waals surface area contributed by atoms with Crippen LogP contribution < -0.4 is 16.4 Å². The highest BCUT2D eigenvalue weighted by Gasteiger charge is 2.50. The predicted molar refractivity (Wildman–Crippen MR) is 265 cm³/mol. The third kappa shape index (κ3) is 24.5. The van der Waals surface area contributed by atoms with E-state index in [9.17, 15) is 57.9 Å². The van der Waals surface area contributed by atoms with Gasteiger partial charge in [-0.1, -0.05) is 141 Å². The molecular formula is C43H76N7O17P3S. The number of carbonyl (C=O) groups is 3. The molecule has 1 aliphatic rings. The molecule has 1 aliphatic heterocycles. The number of imidazole rings is 1. The topological polar surface area (TPSA) is 364 Å². The van der Waals surface area contributed by atoms with E-state index in [2.05, 4.69) is 41.3 Å². The second kappa shape index (κ2) is 31.9. The Morgan fingerprint density at radius 2 is 1.44 bits per heavy atom. The number of phosphoric ester groups is 3. The van der Waals surface area contributed by atoms with Crippen LogP contribution in [0.15, 0.2) is 24.8 Å². The minimum Gasteiger partial charge on any atom is -0.386 e. The number of nitrogen functional groups attached to an aromatic ring is 1. The van der Waals surface area contributed by atoms with E-state index in [1.165, 1.54) is 110 Å². The summed E-state index contributed by atoms with van der Waals surface area (Å²) in [6, 6.07) is 0. The summed E-state index contributed by atoms with van der Waals surface area (Å²) >= 11 is 1.07. The molecule has 0 radical (unpaired) electrons. The molecule has 2 unspecified atom stereocenters. The number of allylic oxidation sites excluding steroid dienone is 1. The van der Waals surface area contributed by atoms with Crippen molar-refractivity contribution in [3.8, 4) is 0 Å². The van der Waals surface area contributed by atoms with E-state index in [1.807, 2.05) is 6.08 Å². The van der Waals surface area contributed by atoms with Gasteiger partial charge in [-0.25, -0.2) is 28.6 Å². The molecule has 0 saturated carbocycles. The molecule has 71 heavy (non-hydrogen) atoms. The maximum Gasteiger partial charge on any atom is 0.481 e. The quantitative estimate of drug-likeness (QED) is 0.0203. The lowest BCUT2D eigenvalue weighted by Gasteiger charge is -2.30. The number of hydrogen-bond acceptors (Lipinski definition) is 18. The van der Waals surface area contributed by atoms with E-state index in [-0.39, 0.29) is 41.6 Å². The summed E-state index contributed by atoms with van der Waals surface area (Å²) in [7, 11) is -16.4. The van der Waals surface area contributed by atoms with Gasteiger partial charge in [0.05, 0.1) is 19.5 Å². The summed E-state index contributed by atoms with van der Waals surface area (Å²) in [6.07, 6.45) is 19.6. The van der Waals surface area contributed by atoms with Gasteiger partial charge in [-0.2, -0.15) is 4.31 Å². The van der Waals surface area contributed by atoms with E-state index in [4.69, 9.17) is 19.5 Å². The van der Waals surface area contributed by atoms with Crippen LogP contribution in [0.3, 0.4) is 0 Å². The van der Waals surface area contributed by atoms with Crippen LogP contribution in [0.4, 0.5) is 5.82 Å². The molecular weight excluding hydrogens is 1010 g/mol. The summed E-state index contributed by atoms with van der Waals surface area (Å²) < 4.78 is 62.5. The molecule has 0 bridgehead atoms. The second-order valence-electron chi connectivity index (χ2n) is 18.1. The van der Waals surface area contributed by atoms with Gasteiger partial charge in [0, 0.05) is 30.7 Å². The van der Waals surface area contributed by atoms with Gasteiger partial charge in [-0.15, -0.1) is 0 Å². The molecule has 2 amide bonds. The van der Waals surface area contributed by atoms with Crippen LogP contribution in [0.2, 0.25) is 0 Å². The minimum atomic E-state index is -5.58. The van der Waals surface area contributed by atoms with Crippen molar-refractivity contribution in [2.24, 2.45) is 5.41 Å². The molecule has 0 spiro atoms.